The van der Waals surface area contributed by atoms with E-state index in [2.05, 4.69) is 21.5 Å². The van der Waals surface area contributed by atoms with Gasteiger partial charge in [0, 0.05) is 37.1 Å². The molecule has 3 aromatic rings. The first kappa shape index (κ1) is 14.3. The molecule has 1 atom stereocenters. The number of pyridine rings is 1. The maximum atomic E-state index is 11.9. The molecule has 0 saturated heterocycles. The molecule has 0 bridgehead atoms. The minimum absolute atomic E-state index is 0.0951. The molecule has 0 aliphatic heterocycles. The van der Waals surface area contributed by atoms with Crippen LogP contribution in [-0.2, 0) is 9.63 Å². The largest absolute Gasteiger partial charge is 0.371 e. The van der Waals surface area contributed by atoms with Crippen molar-refractivity contribution in [2.75, 3.05) is 7.05 Å². The number of H-pyrrole nitrogens is 1. The Labute approximate surface area is 128 Å². The van der Waals surface area contributed by atoms with E-state index in [1.54, 1.807) is 19.4 Å². The van der Waals surface area contributed by atoms with Crippen LogP contribution >= 0.6 is 0 Å². The molecule has 3 rings (SSSR count). The third kappa shape index (κ3) is 2.99. The van der Waals surface area contributed by atoms with Crippen molar-refractivity contribution in [3.8, 4) is 0 Å². The normalized spacial score (nSPS) is 12.2. The first-order chi connectivity index (χ1) is 10.8. The molecule has 5 nitrogen and oxygen atoms in total. The Bertz CT molecular complexity index is 768. The second-order valence-electron chi connectivity index (χ2n) is 5.05. The zero-order valence-electron chi connectivity index (χ0n) is 12.2. The van der Waals surface area contributed by atoms with E-state index in [1.807, 2.05) is 36.5 Å². The fourth-order valence-corrected chi connectivity index (χ4v) is 2.61. The Morgan fingerprint density at radius 2 is 2.23 bits per heavy atom. The topological polar surface area (TPSA) is 67.0 Å². The Balaban J connectivity index is 1.98. The van der Waals surface area contributed by atoms with Crippen LogP contribution < -0.4 is 5.48 Å². The summed E-state index contributed by atoms with van der Waals surface area (Å²) in [6.07, 6.45) is 5.67. The second kappa shape index (κ2) is 6.41. The summed E-state index contributed by atoms with van der Waals surface area (Å²) < 4.78 is 0. The summed E-state index contributed by atoms with van der Waals surface area (Å²) in [5, 5.41) is 1.14. The van der Waals surface area contributed by atoms with Crippen molar-refractivity contribution in [1.82, 2.24) is 15.4 Å². The van der Waals surface area contributed by atoms with Gasteiger partial charge in [-0.05, 0) is 34.7 Å². The molecule has 0 saturated carbocycles. The van der Waals surface area contributed by atoms with Gasteiger partial charge in [-0.25, -0.2) is 0 Å². The molecule has 22 heavy (non-hydrogen) atoms. The van der Waals surface area contributed by atoms with Crippen molar-refractivity contribution in [3.63, 3.8) is 0 Å². The fraction of sp³-hybridized carbons (Fsp3) is 0.176. The number of nitrogens with zero attached hydrogens (tertiary/aromatic N) is 1. The summed E-state index contributed by atoms with van der Waals surface area (Å²) in [6, 6.07) is 12.0. The molecule has 112 valence electrons. The lowest BCUT2D eigenvalue weighted by Gasteiger charge is -2.17. The first-order valence-corrected chi connectivity index (χ1v) is 7.11. The highest BCUT2D eigenvalue weighted by Crippen LogP contribution is 2.29. The van der Waals surface area contributed by atoms with Crippen LogP contribution in [0.5, 0.6) is 0 Å². The van der Waals surface area contributed by atoms with Gasteiger partial charge in [-0.1, -0.05) is 18.2 Å². The minimum Gasteiger partial charge on any atom is -0.371 e. The number of aromatic nitrogens is 2. The molecular formula is C17H17N3O2. The van der Waals surface area contributed by atoms with Gasteiger partial charge in [-0.2, -0.15) is 5.48 Å². The van der Waals surface area contributed by atoms with Crippen molar-refractivity contribution in [1.29, 1.82) is 0 Å². The van der Waals surface area contributed by atoms with Crippen LogP contribution in [0.1, 0.15) is 23.5 Å². The van der Waals surface area contributed by atoms with Gasteiger partial charge in [-0.15, -0.1) is 0 Å². The maximum Gasteiger partial charge on any atom is 0.325 e. The van der Waals surface area contributed by atoms with Gasteiger partial charge in [0.25, 0.3) is 0 Å². The van der Waals surface area contributed by atoms with Gasteiger partial charge in [0.05, 0.1) is 6.42 Å². The van der Waals surface area contributed by atoms with Crippen LogP contribution in [0.2, 0.25) is 0 Å². The minimum atomic E-state index is -0.303. The van der Waals surface area contributed by atoms with E-state index in [0.717, 1.165) is 22.0 Å². The highest BCUT2D eigenvalue weighted by molar-refractivity contribution is 5.80. The van der Waals surface area contributed by atoms with Gasteiger partial charge >= 0.3 is 5.97 Å². The van der Waals surface area contributed by atoms with Crippen LogP contribution in [0, 0.1) is 0 Å². The van der Waals surface area contributed by atoms with Gasteiger partial charge in [0.1, 0.15) is 0 Å². The monoisotopic (exact) mass is 295 g/mol. The lowest BCUT2D eigenvalue weighted by molar-refractivity contribution is -0.150. The summed E-state index contributed by atoms with van der Waals surface area (Å²) in [5.74, 6) is -0.398. The average molecular weight is 295 g/mol. The lowest BCUT2D eigenvalue weighted by Crippen LogP contribution is -2.18. The Morgan fingerprint density at radius 3 is 3.00 bits per heavy atom. The highest BCUT2D eigenvalue weighted by atomic mass is 16.7. The Hall–Kier alpha value is -2.66. The second-order valence-corrected chi connectivity index (χ2v) is 5.05. The molecule has 0 aliphatic carbocycles. The number of rotatable bonds is 5. The van der Waals surface area contributed by atoms with E-state index in [4.69, 9.17) is 4.84 Å². The van der Waals surface area contributed by atoms with E-state index in [0.29, 0.717) is 0 Å². The van der Waals surface area contributed by atoms with Crippen molar-refractivity contribution in [2.24, 2.45) is 0 Å². The molecule has 5 heteroatoms. The zero-order chi connectivity index (χ0) is 15.4. The molecule has 0 spiro atoms. The Morgan fingerprint density at radius 1 is 1.32 bits per heavy atom. The van der Waals surface area contributed by atoms with Crippen molar-refractivity contribution < 1.29 is 9.63 Å². The summed E-state index contributed by atoms with van der Waals surface area (Å²) in [4.78, 5) is 24.1. The van der Waals surface area contributed by atoms with E-state index >= 15 is 0 Å². The predicted molar refractivity (Wildman–Crippen MR) is 84.1 cm³/mol. The number of aromatic amines is 1. The highest BCUT2D eigenvalue weighted by Gasteiger charge is 2.20. The smallest absolute Gasteiger partial charge is 0.325 e. The number of hydrogen-bond acceptors (Lipinski definition) is 4. The van der Waals surface area contributed by atoms with Crippen LogP contribution in [0.3, 0.4) is 0 Å². The van der Waals surface area contributed by atoms with Crippen LogP contribution in [0.4, 0.5) is 0 Å². The number of benzene rings is 1. The quantitative estimate of drug-likeness (QED) is 0.710. The van der Waals surface area contributed by atoms with Gasteiger partial charge in [0.15, 0.2) is 0 Å². The van der Waals surface area contributed by atoms with E-state index < -0.39 is 0 Å². The average Bonchev–Trinajstić information content (AvgIpc) is 3.01. The SMILES string of the molecule is CNOC(=O)CC(c1cccnc1)c1ccc2cc[nH]c2c1. The summed E-state index contributed by atoms with van der Waals surface area (Å²) >= 11 is 0. The van der Waals surface area contributed by atoms with Crippen LogP contribution in [0.15, 0.2) is 55.0 Å². The molecule has 1 aromatic carbocycles. The summed E-state index contributed by atoms with van der Waals surface area (Å²) in [6.45, 7) is 0. The van der Waals surface area contributed by atoms with E-state index in [9.17, 15) is 4.79 Å². The molecule has 0 amide bonds. The lowest BCUT2D eigenvalue weighted by atomic mass is 9.89. The van der Waals surface area contributed by atoms with E-state index in [-0.39, 0.29) is 18.3 Å². The molecule has 0 radical (unpaired) electrons. The van der Waals surface area contributed by atoms with Crippen LogP contribution in [0.25, 0.3) is 10.9 Å². The van der Waals surface area contributed by atoms with Gasteiger partial charge in [-0.3, -0.25) is 9.78 Å². The van der Waals surface area contributed by atoms with Gasteiger partial charge in [0.2, 0.25) is 0 Å². The molecule has 2 heterocycles. The Kier molecular flexibility index (Phi) is 4.16. The molecule has 0 aliphatic rings. The number of carbonyl (C=O) groups is 1. The number of fused-ring (bicyclic) bond motifs is 1. The predicted octanol–water partition coefficient (Wildman–Crippen LogP) is 2.76. The summed E-state index contributed by atoms with van der Waals surface area (Å²) in [7, 11) is 1.57. The van der Waals surface area contributed by atoms with E-state index in [1.165, 1.54) is 0 Å². The molecular weight excluding hydrogens is 278 g/mol. The molecule has 0 fully saturated rings. The fourth-order valence-electron chi connectivity index (χ4n) is 2.61. The maximum absolute atomic E-state index is 11.9. The molecule has 2 aromatic heterocycles. The third-order valence-corrected chi connectivity index (χ3v) is 3.65. The van der Waals surface area contributed by atoms with Crippen molar-refractivity contribution >= 4 is 16.9 Å². The first-order valence-electron chi connectivity index (χ1n) is 7.11. The number of hydrogen-bond donors (Lipinski definition) is 2. The zero-order valence-corrected chi connectivity index (χ0v) is 12.2. The number of hydroxylamine groups is 1. The van der Waals surface area contributed by atoms with Crippen molar-refractivity contribution in [2.45, 2.75) is 12.3 Å². The molecule has 2 N–H and O–H groups in total. The van der Waals surface area contributed by atoms with Crippen LogP contribution in [-0.4, -0.2) is 23.0 Å². The van der Waals surface area contributed by atoms with Crippen molar-refractivity contribution in [3.05, 3.63) is 66.1 Å². The number of nitrogens with one attached hydrogen (secondary N) is 2. The number of carbonyl (C=O) groups excluding carboxylic acids is 1. The standard InChI is InChI=1S/C17H17N3O2/c1-18-22-17(21)10-15(14-3-2-7-19-11-14)13-5-4-12-6-8-20-16(12)9-13/h2-9,11,15,18,20H,10H2,1H3. The van der Waals surface area contributed by atoms with Gasteiger partial charge < -0.3 is 9.82 Å². The molecule has 1 unspecified atom stereocenters. The third-order valence-electron chi connectivity index (χ3n) is 3.65. The summed E-state index contributed by atoms with van der Waals surface area (Å²) in [5.41, 5.74) is 5.52.